The maximum atomic E-state index is 12.6. The van der Waals surface area contributed by atoms with Gasteiger partial charge in [-0.1, -0.05) is 31.9 Å². The predicted octanol–water partition coefficient (Wildman–Crippen LogP) is 2.31. The second-order valence-electron chi connectivity index (χ2n) is 8.09. The van der Waals surface area contributed by atoms with Gasteiger partial charge in [0.15, 0.2) is 0 Å². The molecule has 0 radical (unpaired) electrons. The maximum Gasteiger partial charge on any atom is 0.336 e. The highest BCUT2D eigenvalue weighted by molar-refractivity contribution is 5.92. The first kappa shape index (κ1) is 23.4. The molecule has 31 heavy (non-hydrogen) atoms. The van der Waals surface area contributed by atoms with Gasteiger partial charge >= 0.3 is 11.9 Å². The Balaban J connectivity index is 1.81. The number of carbonyl (C=O) groups excluding carboxylic acids is 2. The third kappa shape index (κ3) is 4.67. The molecule has 8 nitrogen and oxygen atoms in total. The Bertz CT molecular complexity index is 784. The summed E-state index contributed by atoms with van der Waals surface area (Å²) in [4.78, 5) is 25.0. The van der Waals surface area contributed by atoms with Crippen LogP contribution in [0, 0.1) is 17.8 Å². The second kappa shape index (κ2) is 9.91. The van der Waals surface area contributed by atoms with Crippen LogP contribution in [0.5, 0.6) is 0 Å². The fourth-order valence-corrected chi connectivity index (χ4v) is 4.71. The van der Waals surface area contributed by atoms with Crippen LogP contribution in [0.25, 0.3) is 0 Å². The zero-order valence-electron chi connectivity index (χ0n) is 18.1. The smallest absolute Gasteiger partial charge is 0.336 e. The van der Waals surface area contributed by atoms with E-state index >= 15 is 0 Å². The normalized spacial score (nSPS) is 32.3. The van der Waals surface area contributed by atoms with Crippen molar-refractivity contribution in [1.82, 2.24) is 0 Å². The molecular weight excluding hydrogens is 404 g/mol. The molecule has 3 rings (SSSR count). The number of esters is 2. The van der Waals surface area contributed by atoms with Crippen LogP contribution in [-0.4, -0.2) is 64.7 Å². The molecule has 0 aromatic carbocycles. The summed E-state index contributed by atoms with van der Waals surface area (Å²) in [5, 5.41) is 0. The number of hydrogen-bond acceptors (Lipinski definition) is 8. The number of rotatable bonds is 9. The van der Waals surface area contributed by atoms with Gasteiger partial charge in [-0.15, -0.1) is 0 Å². The number of fused-ring (bicyclic) bond motifs is 3. The lowest BCUT2D eigenvalue weighted by atomic mass is 9.81. The van der Waals surface area contributed by atoms with Crippen LogP contribution in [0.2, 0.25) is 0 Å². The molecule has 170 valence electrons. The van der Waals surface area contributed by atoms with E-state index in [-0.39, 0.29) is 49.3 Å². The molecule has 2 saturated carbocycles. The van der Waals surface area contributed by atoms with Gasteiger partial charge in [-0.2, -0.15) is 0 Å². The van der Waals surface area contributed by atoms with Crippen molar-refractivity contribution < 1.29 is 38.0 Å². The van der Waals surface area contributed by atoms with Gasteiger partial charge in [0.25, 0.3) is 0 Å². The summed E-state index contributed by atoms with van der Waals surface area (Å²) in [5.74, 6) is -1.81. The molecule has 0 aromatic rings. The molecule has 1 aliphatic heterocycles. The van der Waals surface area contributed by atoms with E-state index in [0.717, 1.165) is 11.1 Å². The molecule has 0 bridgehead atoms. The van der Waals surface area contributed by atoms with Crippen molar-refractivity contribution in [3.63, 3.8) is 0 Å². The van der Waals surface area contributed by atoms with Crippen molar-refractivity contribution in [2.45, 2.75) is 31.2 Å². The third-order valence-corrected chi connectivity index (χ3v) is 6.16. The summed E-state index contributed by atoms with van der Waals surface area (Å²) >= 11 is 0. The fraction of sp³-hybridized carbons (Fsp3) is 0.565. The van der Waals surface area contributed by atoms with Gasteiger partial charge in [-0.05, 0) is 17.9 Å². The minimum Gasteiger partial charge on any atom is -0.458 e. The molecule has 0 amide bonds. The summed E-state index contributed by atoms with van der Waals surface area (Å²) in [5.41, 5.74) is 2.15. The van der Waals surface area contributed by atoms with E-state index in [0.29, 0.717) is 12.8 Å². The summed E-state index contributed by atoms with van der Waals surface area (Å²) in [6, 6.07) is 0. The van der Waals surface area contributed by atoms with Crippen molar-refractivity contribution in [2.75, 3.05) is 34.4 Å². The highest BCUT2D eigenvalue weighted by Gasteiger charge is 2.57. The van der Waals surface area contributed by atoms with Crippen molar-refractivity contribution in [3.8, 4) is 0 Å². The molecule has 1 heterocycles. The first-order chi connectivity index (χ1) is 14.8. The van der Waals surface area contributed by atoms with Crippen LogP contribution in [0.15, 0.2) is 48.6 Å². The summed E-state index contributed by atoms with van der Waals surface area (Å²) in [6.07, 6.45) is -0.405. The van der Waals surface area contributed by atoms with Gasteiger partial charge in [-0.25, -0.2) is 9.59 Å². The van der Waals surface area contributed by atoms with Crippen LogP contribution < -0.4 is 0 Å². The van der Waals surface area contributed by atoms with Crippen molar-refractivity contribution >= 4 is 11.9 Å². The molecule has 0 spiro atoms. The molecule has 0 N–H and O–H groups in total. The van der Waals surface area contributed by atoms with Gasteiger partial charge in [-0.3, -0.25) is 0 Å². The average Bonchev–Trinajstić information content (AvgIpc) is 3.18. The molecule has 3 fully saturated rings. The van der Waals surface area contributed by atoms with Gasteiger partial charge in [0, 0.05) is 32.1 Å². The van der Waals surface area contributed by atoms with E-state index in [1.165, 1.54) is 7.11 Å². The van der Waals surface area contributed by atoms with Crippen LogP contribution in [-0.2, 0) is 38.0 Å². The van der Waals surface area contributed by atoms with E-state index < -0.39 is 30.1 Å². The Morgan fingerprint density at radius 2 is 1.84 bits per heavy atom. The lowest BCUT2D eigenvalue weighted by Crippen LogP contribution is -2.36. The predicted molar refractivity (Wildman–Crippen MR) is 111 cm³/mol. The summed E-state index contributed by atoms with van der Waals surface area (Å²) in [6.45, 7) is 16.3. The molecule has 1 saturated heterocycles. The Labute approximate surface area is 182 Å². The standard InChI is InChI=1S/C23H30O8/c1-12-7-18(30-22(24)13(2)9-28-10-26-5)20-15(4)23(25)31-21(20)19-14(3)17(8-16(12)19)29-11-27-6/h16-21H,1-4,7-11H2,5-6H3/t16-,17-,18-,19-,20+,21+/m0/s1. The highest BCUT2D eigenvalue weighted by Crippen LogP contribution is 2.53. The Hall–Kier alpha value is -2.26. The van der Waals surface area contributed by atoms with E-state index in [9.17, 15) is 9.59 Å². The minimum atomic E-state index is -0.653. The van der Waals surface area contributed by atoms with Gasteiger partial charge in [0.1, 0.15) is 25.8 Å². The molecular formula is C23H30O8. The van der Waals surface area contributed by atoms with Gasteiger partial charge in [0.2, 0.25) is 0 Å². The fourth-order valence-electron chi connectivity index (χ4n) is 4.71. The summed E-state index contributed by atoms with van der Waals surface area (Å²) in [7, 11) is 3.04. The molecule has 2 aliphatic carbocycles. The maximum absolute atomic E-state index is 12.6. The van der Waals surface area contributed by atoms with Crippen molar-refractivity contribution in [2.24, 2.45) is 17.8 Å². The molecule has 3 aliphatic rings. The topological polar surface area (TPSA) is 89.5 Å². The quantitative estimate of drug-likeness (QED) is 0.180. The first-order valence-corrected chi connectivity index (χ1v) is 10.1. The van der Waals surface area contributed by atoms with E-state index in [2.05, 4.69) is 26.3 Å². The van der Waals surface area contributed by atoms with Gasteiger partial charge < -0.3 is 28.4 Å². The van der Waals surface area contributed by atoms with E-state index in [4.69, 9.17) is 28.4 Å². The van der Waals surface area contributed by atoms with Crippen molar-refractivity contribution in [3.05, 3.63) is 48.6 Å². The Morgan fingerprint density at radius 1 is 1.13 bits per heavy atom. The zero-order valence-corrected chi connectivity index (χ0v) is 18.1. The largest absolute Gasteiger partial charge is 0.458 e. The molecule has 0 aromatic heterocycles. The Morgan fingerprint density at radius 3 is 2.52 bits per heavy atom. The molecule has 8 heteroatoms. The van der Waals surface area contributed by atoms with E-state index in [1.807, 2.05) is 0 Å². The van der Waals surface area contributed by atoms with Crippen molar-refractivity contribution in [1.29, 1.82) is 0 Å². The molecule has 0 unspecified atom stereocenters. The SMILES string of the molecule is C=C(COCOC)C(=O)O[C@H]1CC(=C)[C@@H]2C[C@H](OCOC)C(=C)[C@@H]2[C@H]2OC(=O)C(=C)[C@@H]21. The Kier molecular flexibility index (Phi) is 7.48. The van der Waals surface area contributed by atoms with Crippen LogP contribution in [0.3, 0.4) is 0 Å². The monoisotopic (exact) mass is 434 g/mol. The van der Waals surface area contributed by atoms with Gasteiger partial charge in [0.05, 0.1) is 24.2 Å². The van der Waals surface area contributed by atoms with E-state index in [1.54, 1.807) is 7.11 Å². The average molecular weight is 434 g/mol. The number of methoxy groups -OCH3 is 2. The number of hydrogen-bond donors (Lipinski definition) is 0. The second-order valence-corrected chi connectivity index (χ2v) is 8.09. The van der Waals surface area contributed by atoms with Crippen LogP contribution in [0.1, 0.15) is 12.8 Å². The first-order valence-electron chi connectivity index (χ1n) is 10.1. The summed E-state index contributed by atoms with van der Waals surface area (Å²) < 4.78 is 32.2. The number of carbonyl (C=O) groups is 2. The molecule has 6 atom stereocenters. The van der Waals surface area contributed by atoms with Crippen LogP contribution >= 0.6 is 0 Å². The zero-order chi connectivity index (χ0) is 22.7. The third-order valence-electron chi connectivity index (χ3n) is 6.16. The van der Waals surface area contributed by atoms with Crippen LogP contribution in [0.4, 0.5) is 0 Å². The number of ether oxygens (including phenoxy) is 6. The lowest BCUT2D eigenvalue weighted by molar-refractivity contribution is -0.149. The minimum absolute atomic E-state index is 0.0162. The highest BCUT2D eigenvalue weighted by atomic mass is 16.7. The lowest BCUT2D eigenvalue weighted by Gasteiger charge is -2.28.